The van der Waals surface area contributed by atoms with Gasteiger partial charge in [-0.05, 0) is 51.2 Å². The predicted molar refractivity (Wildman–Crippen MR) is 123 cm³/mol. The number of rotatable bonds is 4. The van der Waals surface area contributed by atoms with Gasteiger partial charge in [-0.3, -0.25) is 4.79 Å². The maximum Gasteiger partial charge on any atom is 0.304 e. The van der Waals surface area contributed by atoms with Crippen LogP contribution in [0.5, 0.6) is 5.88 Å². The number of anilines is 1. The second kappa shape index (κ2) is 8.71. The van der Waals surface area contributed by atoms with Crippen LogP contribution in [0.15, 0.2) is 42.6 Å². The fraction of sp³-hybridized carbons (Fsp3) is 0.478. The molecule has 2 aromatic rings. The normalized spacial score (nSPS) is 18.0. The highest BCUT2D eigenvalue weighted by molar-refractivity contribution is 7.90. The zero-order valence-corrected chi connectivity index (χ0v) is 19.6. The Morgan fingerprint density at radius 3 is 2.47 bits per heavy atom. The number of hydrogen-bond donors (Lipinski definition) is 1. The molecule has 1 fully saturated rings. The molecule has 1 aromatic heterocycles. The summed E-state index contributed by atoms with van der Waals surface area (Å²) in [6.07, 6.45) is 2.96. The standard InChI is InChI=1S/C23H30N4O4S/c1-23(2,3)25-21(28)19-15-20-22(24-16-19)31-14-13-27(20)32(29,30)26-11-9-18(10-12-26)17-7-5-4-6-8-17/h4-8,15-16,18H,9-14H2,1-3H3,(H,25,28). The molecule has 1 saturated heterocycles. The molecule has 0 spiro atoms. The molecule has 4 rings (SSSR count). The van der Waals surface area contributed by atoms with Gasteiger partial charge in [-0.1, -0.05) is 30.3 Å². The summed E-state index contributed by atoms with van der Waals surface area (Å²) in [5, 5.41) is 2.88. The summed E-state index contributed by atoms with van der Waals surface area (Å²) in [6, 6.07) is 11.8. The molecule has 0 atom stereocenters. The second-order valence-corrected chi connectivity index (χ2v) is 11.1. The van der Waals surface area contributed by atoms with Crippen LogP contribution in [0.1, 0.15) is 55.5 Å². The van der Waals surface area contributed by atoms with Gasteiger partial charge in [0.1, 0.15) is 12.3 Å². The predicted octanol–water partition coefficient (Wildman–Crippen LogP) is 2.93. The highest BCUT2D eigenvalue weighted by atomic mass is 32.2. The molecule has 1 amide bonds. The number of aromatic nitrogens is 1. The van der Waals surface area contributed by atoms with E-state index in [1.807, 2.05) is 39.0 Å². The zero-order chi connectivity index (χ0) is 22.9. The van der Waals surface area contributed by atoms with Crippen molar-refractivity contribution in [3.8, 4) is 5.88 Å². The Bertz CT molecular complexity index is 1070. The maximum atomic E-state index is 13.5. The number of nitrogens with zero attached hydrogens (tertiary/aromatic N) is 3. The summed E-state index contributed by atoms with van der Waals surface area (Å²) in [7, 11) is -3.77. The average Bonchev–Trinajstić information content (AvgIpc) is 2.78. The Morgan fingerprint density at radius 2 is 1.81 bits per heavy atom. The molecule has 32 heavy (non-hydrogen) atoms. The van der Waals surface area contributed by atoms with E-state index in [1.165, 1.54) is 20.4 Å². The van der Waals surface area contributed by atoms with Crippen LogP contribution in [-0.4, -0.2) is 55.4 Å². The van der Waals surface area contributed by atoms with E-state index in [1.54, 1.807) is 6.07 Å². The van der Waals surface area contributed by atoms with E-state index in [-0.39, 0.29) is 24.9 Å². The number of carbonyl (C=O) groups is 1. The van der Waals surface area contributed by atoms with E-state index in [2.05, 4.69) is 22.4 Å². The Labute approximate surface area is 189 Å². The first-order valence-electron chi connectivity index (χ1n) is 10.9. The molecule has 0 saturated carbocycles. The number of benzene rings is 1. The van der Waals surface area contributed by atoms with Crippen molar-refractivity contribution in [1.82, 2.24) is 14.6 Å². The smallest absolute Gasteiger partial charge is 0.304 e. The lowest BCUT2D eigenvalue weighted by atomic mass is 9.90. The molecule has 2 aliphatic heterocycles. The van der Waals surface area contributed by atoms with Crippen molar-refractivity contribution >= 4 is 21.8 Å². The first kappa shape index (κ1) is 22.5. The molecule has 9 heteroatoms. The number of ether oxygens (including phenoxy) is 1. The number of pyridine rings is 1. The number of nitrogens with one attached hydrogen (secondary N) is 1. The van der Waals surface area contributed by atoms with Crippen molar-refractivity contribution in [1.29, 1.82) is 0 Å². The lowest BCUT2D eigenvalue weighted by Gasteiger charge is -2.37. The van der Waals surface area contributed by atoms with Crippen molar-refractivity contribution in [2.75, 3.05) is 30.5 Å². The van der Waals surface area contributed by atoms with Gasteiger partial charge in [-0.2, -0.15) is 12.7 Å². The lowest BCUT2D eigenvalue weighted by Crippen LogP contribution is -2.49. The van der Waals surface area contributed by atoms with E-state index >= 15 is 0 Å². The molecule has 1 aromatic carbocycles. The molecule has 1 N–H and O–H groups in total. The zero-order valence-electron chi connectivity index (χ0n) is 18.7. The molecule has 0 bridgehead atoms. The molecule has 3 heterocycles. The largest absolute Gasteiger partial charge is 0.474 e. The quantitative estimate of drug-likeness (QED) is 0.761. The van der Waals surface area contributed by atoms with Crippen molar-refractivity contribution in [3.05, 3.63) is 53.7 Å². The van der Waals surface area contributed by atoms with Crippen molar-refractivity contribution in [2.24, 2.45) is 0 Å². The molecular formula is C23H30N4O4S. The Morgan fingerprint density at radius 1 is 1.12 bits per heavy atom. The first-order valence-corrected chi connectivity index (χ1v) is 12.3. The topological polar surface area (TPSA) is 91.8 Å². The third-order valence-corrected chi connectivity index (χ3v) is 7.67. The van der Waals surface area contributed by atoms with Crippen LogP contribution in [0.25, 0.3) is 0 Å². The number of fused-ring (bicyclic) bond motifs is 1. The fourth-order valence-electron chi connectivity index (χ4n) is 4.14. The van der Waals surface area contributed by atoms with Crippen LogP contribution in [0, 0.1) is 0 Å². The van der Waals surface area contributed by atoms with E-state index in [9.17, 15) is 13.2 Å². The van der Waals surface area contributed by atoms with Gasteiger partial charge >= 0.3 is 10.2 Å². The molecule has 0 unspecified atom stereocenters. The molecule has 8 nitrogen and oxygen atoms in total. The van der Waals surface area contributed by atoms with Crippen LogP contribution in [0.2, 0.25) is 0 Å². The lowest BCUT2D eigenvalue weighted by molar-refractivity contribution is 0.0919. The summed E-state index contributed by atoms with van der Waals surface area (Å²) in [6.45, 7) is 6.95. The highest BCUT2D eigenvalue weighted by Gasteiger charge is 2.37. The third-order valence-electron chi connectivity index (χ3n) is 5.71. The Balaban J connectivity index is 1.54. The molecule has 2 aliphatic rings. The minimum Gasteiger partial charge on any atom is -0.474 e. The molecule has 172 valence electrons. The van der Waals surface area contributed by atoms with Crippen molar-refractivity contribution in [2.45, 2.75) is 45.1 Å². The number of piperidine rings is 1. The summed E-state index contributed by atoms with van der Waals surface area (Å²) in [5.74, 6) is 0.277. The van der Waals surface area contributed by atoms with E-state index in [4.69, 9.17) is 4.74 Å². The number of carbonyl (C=O) groups excluding carboxylic acids is 1. The van der Waals surface area contributed by atoms with Crippen LogP contribution < -0.4 is 14.4 Å². The average molecular weight is 459 g/mol. The fourth-order valence-corrected chi connectivity index (χ4v) is 5.77. The van der Waals surface area contributed by atoms with E-state index in [0.717, 1.165) is 12.8 Å². The summed E-state index contributed by atoms with van der Waals surface area (Å²) in [4.78, 5) is 16.8. The number of amides is 1. The van der Waals surface area contributed by atoms with Gasteiger partial charge in [0.05, 0.1) is 12.1 Å². The summed E-state index contributed by atoms with van der Waals surface area (Å²) in [5.41, 5.74) is 1.44. The van der Waals surface area contributed by atoms with Gasteiger partial charge in [-0.15, -0.1) is 0 Å². The number of hydrogen-bond acceptors (Lipinski definition) is 5. The van der Waals surface area contributed by atoms with E-state index in [0.29, 0.717) is 30.3 Å². The SMILES string of the molecule is CC(C)(C)NC(=O)c1cnc2c(c1)N(S(=O)(=O)N1CCC(c3ccccc3)CC1)CCO2. The second-order valence-electron chi connectivity index (χ2n) is 9.26. The van der Waals surface area contributed by atoms with Gasteiger partial charge in [0.15, 0.2) is 0 Å². The van der Waals surface area contributed by atoms with Gasteiger partial charge < -0.3 is 10.1 Å². The van der Waals surface area contributed by atoms with E-state index < -0.39 is 15.7 Å². The third kappa shape index (κ3) is 4.73. The van der Waals surface area contributed by atoms with Crippen molar-refractivity contribution in [3.63, 3.8) is 0 Å². The van der Waals surface area contributed by atoms with Gasteiger partial charge in [0, 0.05) is 24.8 Å². The first-order chi connectivity index (χ1) is 15.1. The minimum atomic E-state index is -3.77. The van der Waals surface area contributed by atoms with Gasteiger partial charge in [0.25, 0.3) is 5.91 Å². The summed E-state index contributed by atoms with van der Waals surface area (Å²) >= 11 is 0. The van der Waals surface area contributed by atoms with Crippen molar-refractivity contribution < 1.29 is 17.9 Å². The highest BCUT2D eigenvalue weighted by Crippen LogP contribution is 2.35. The minimum absolute atomic E-state index is 0.181. The van der Waals surface area contributed by atoms with Gasteiger partial charge in [-0.25, -0.2) is 9.29 Å². The summed E-state index contributed by atoms with van der Waals surface area (Å²) < 4.78 is 35.5. The monoisotopic (exact) mass is 458 g/mol. The van der Waals surface area contributed by atoms with Crippen LogP contribution in [0.3, 0.4) is 0 Å². The van der Waals surface area contributed by atoms with Gasteiger partial charge in [0.2, 0.25) is 5.88 Å². The van der Waals surface area contributed by atoms with Crippen LogP contribution >= 0.6 is 0 Å². The Kier molecular flexibility index (Phi) is 6.13. The molecular weight excluding hydrogens is 428 g/mol. The molecule has 0 radical (unpaired) electrons. The molecule has 0 aliphatic carbocycles. The Hall–Kier alpha value is -2.65. The van der Waals surface area contributed by atoms with Crippen LogP contribution in [-0.2, 0) is 10.2 Å². The maximum absolute atomic E-state index is 13.5. The van der Waals surface area contributed by atoms with Crippen LogP contribution in [0.4, 0.5) is 5.69 Å².